The van der Waals surface area contributed by atoms with Crippen LogP contribution in [0.5, 0.6) is 0 Å². The van der Waals surface area contributed by atoms with Gasteiger partial charge in [-0.3, -0.25) is 20.5 Å². The second-order valence-corrected chi connectivity index (χ2v) is 6.95. The van der Waals surface area contributed by atoms with E-state index >= 15 is 0 Å². The highest BCUT2D eigenvalue weighted by Crippen LogP contribution is 2.34. The van der Waals surface area contributed by atoms with Gasteiger partial charge in [0, 0.05) is 41.8 Å². The molecule has 34 heavy (non-hydrogen) atoms. The zero-order chi connectivity index (χ0) is 24.1. The third kappa shape index (κ3) is 4.86. The van der Waals surface area contributed by atoms with Crippen LogP contribution in [0.1, 0.15) is 17.3 Å². The summed E-state index contributed by atoms with van der Waals surface area (Å²) in [6.07, 6.45) is 4.38. The van der Waals surface area contributed by atoms with Gasteiger partial charge in [0.1, 0.15) is 11.6 Å². The number of benzene rings is 1. The average Bonchev–Trinajstić information content (AvgIpc) is 3.34. The maximum absolute atomic E-state index is 13.3. The van der Waals surface area contributed by atoms with Crippen molar-refractivity contribution >= 4 is 17.8 Å². The van der Waals surface area contributed by atoms with Gasteiger partial charge in [-0.05, 0) is 43.3 Å². The summed E-state index contributed by atoms with van der Waals surface area (Å²) in [4.78, 5) is 32.3. The van der Waals surface area contributed by atoms with Gasteiger partial charge in [-0.1, -0.05) is 0 Å². The normalized spacial score (nSPS) is 10.6. The molecule has 172 valence electrons. The fourth-order valence-corrected chi connectivity index (χ4v) is 3.09. The summed E-state index contributed by atoms with van der Waals surface area (Å²) in [5, 5.41) is 13.4. The molecule has 1 aromatic carbocycles. The number of carbonyl (C=O) groups is 2. The number of aromatic nitrogens is 4. The molecule has 0 unspecified atom stereocenters. The minimum absolute atomic E-state index is 0.115. The molecule has 3 aromatic heterocycles. The first kappa shape index (κ1) is 22.5. The van der Waals surface area contributed by atoms with Crippen LogP contribution < -0.4 is 21.9 Å². The van der Waals surface area contributed by atoms with Crippen molar-refractivity contribution in [1.82, 2.24) is 30.9 Å². The van der Waals surface area contributed by atoms with Crippen LogP contribution >= 0.6 is 0 Å². The van der Waals surface area contributed by atoms with Crippen molar-refractivity contribution in [1.29, 1.82) is 0 Å². The molecule has 3 amide bonds. The standard InChI is InChI=1S/C22H19FN8O3/c1-2-26-22(33)28-18-8-16(21-31-30-20(34-21)12-3-5-15(23)6-4-12)17(11-27-18)13-7-14(10-25-9-13)19(32)29-24/h3-11H,2,24H2,1H3,(H,29,32)(H2,26,27,28,33). The molecule has 0 fully saturated rings. The van der Waals surface area contributed by atoms with E-state index in [0.717, 1.165) is 0 Å². The van der Waals surface area contributed by atoms with Gasteiger partial charge < -0.3 is 9.73 Å². The lowest BCUT2D eigenvalue weighted by atomic mass is 10.0. The lowest BCUT2D eigenvalue weighted by Crippen LogP contribution is -2.30. The van der Waals surface area contributed by atoms with Gasteiger partial charge in [0.15, 0.2) is 0 Å². The Morgan fingerprint density at radius 3 is 2.50 bits per heavy atom. The molecule has 5 N–H and O–H groups in total. The summed E-state index contributed by atoms with van der Waals surface area (Å²) in [6.45, 7) is 2.22. The second-order valence-electron chi connectivity index (χ2n) is 6.95. The Bertz CT molecular complexity index is 1340. The predicted molar refractivity (Wildman–Crippen MR) is 121 cm³/mol. The highest BCUT2D eigenvalue weighted by Gasteiger charge is 2.19. The molecule has 0 radical (unpaired) electrons. The van der Waals surface area contributed by atoms with Crippen molar-refractivity contribution in [2.24, 2.45) is 5.84 Å². The Balaban J connectivity index is 1.79. The molecule has 0 bridgehead atoms. The summed E-state index contributed by atoms with van der Waals surface area (Å²) in [6, 6.07) is 8.29. The van der Waals surface area contributed by atoms with E-state index in [-0.39, 0.29) is 23.2 Å². The van der Waals surface area contributed by atoms with E-state index in [1.807, 2.05) is 0 Å². The number of amides is 3. The molecule has 0 aliphatic heterocycles. The largest absolute Gasteiger partial charge is 0.416 e. The van der Waals surface area contributed by atoms with Crippen LogP contribution in [0, 0.1) is 5.82 Å². The van der Waals surface area contributed by atoms with Crippen LogP contribution in [0.4, 0.5) is 15.0 Å². The first-order chi connectivity index (χ1) is 16.5. The predicted octanol–water partition coefficient (Wildman–Crippen LogP) is 2.74. The van der Waals surface area contributed by atoms with Gasteiger partial charge >= 0.3 is 6.03 Å². The quantitative estimate of drug-likeness (QED) is 0.193. The summed E-state index contributed by atoms with van der Waals surface area (Å²) in [7, 11) is 0. The average molecular weight is 462 g/mol. The van der Waals surface area contributed by atoms with E-state index < -0.39 is 17.8 Å². The van der Waals surface area contributed by atoms with Crippen molar-refractivity contribution in [3.05, 3.63) is 66.4 Å². The van der Waals surface area contributed by atoms with Crippen molar-refractivity contribution < 1.29 is 18.4 Å². The summed E-state index contributed by atoms with van der Waals surface area (Å²) >= 11 is 0. The lowest BCUT2D eigenvalue weighted by Gasteiger charge is -2.11. The molecule has 0 saturated heterocycles. The number of nitrogens with two attached hydrogens (primary N) is 1. The van der Waals surface area contributed by atoms with Crippen molar-refractivity contribution in [3.63, 3.8) is 0 Å². The number of rotatable bonds is 6. The Kier molecular flexibility index (Phi) is 6.50. The van der Waals surface area contributed by atoms with Gasteiger partial charge in [-0.25, -0.2) is 20.0 Å². The maximum Gasteiger partial charge on any atom is 0.320 e. The molecule has 0 spiro atoms. The molecule has 4 rings (SSSR count). The second kappa shape index (κ2) is 9.83. The minimum Gasteiger partial charge on any atom is -0.416 e. The molecule has 0 aliphatic rings. The van der Waals surface area contributed by atoms with Gasteiger partial charge in [-0.15, -0.1) is 10.2 Å². The van der Waals surface area contributed by atoms with Crippen LogP contribution in [0.25, 0.3) is 34.0 Å². The van der Waals surface area contributed by atoms with Gasteiger partial charge in [0.25, 0.3) is 5.91 Å². The van der Waals surface area contributed by atoms with Crippen molar-refractivity contribution in [3.8, 4) is 34.0 Å². The fraction of sp³-hybridized carbons (Fsp3) is 0.0909. The van der Waals surface area contributed by atoms with Gasteiger partial charge in [0.05, 0.1) is 11.1 Å². The van der Waals surface area contributed by atoms with E-state index in [1.54, 1.807) is 19.1 Å². The van der Waals surface area contributed by atoms with Crippen LogP contribution in [-0.2, 0) is 0 Å². The van der Waals surface area contributed by atoms with Gasteiger partial charge in [-0.2, -0.15) is 0 Å². The number of urea groups is 1. The SMILES string of the molecule is CCNC(=O)Nc1cc(-c2nnc(-c3ccc(F)cc3)o2)c(-c2cncc(C(=O)NN)c2)cn1. The van der Waals surface area contributed by atoms with Crippen LogP contribution in [-0.4, -0.2) is 38.6 Å². The molecule has 0 atom stereocenters. The van der Waals surface area contributed by atoms with Crippen LogP contribution in [0.3, 0.4) is 0 Å². The Morgan fingerprint density at radius 2 is 1.76 bits per heavy atom. The number of nitrogens with zero attached hydrogens (tertiary/aromatic N) is 4. The maximum atomic E-state index is 13.3. The molecule has 4 aromatic rings. The number of hydrogen-bond donors (Lipinski definition) is 4. The summed E-state index contributed by atoms with van der Waals surface area (Å²) in [5.41, 5.74) is 4.27. The Labute approximate surface area is 192 Å². The molecular formula is C22H19FN8O3. The van der Waals surface area contributed by atoms with Crippen LogP contribution in [0.2, 0.25) is 0 Å². The Hall–Kier alpha value is -4.71. The van der Waals surface area contributed by atoms with Crippen molar-refractivity contribution in [2.75, 3.05) is 11.9 Å². The number of carbonyl (C=O) groups excluding carboxylic acids is 2. The number of hydrazine groups is 1. The van der Waals surface area contributed by atoms with Crippen LogP contribution in [0.15, 0.2) is 59.4 Å². The molecule has 12 heteroatoms. The zero-order valence-corrected chi connectivity index (χ0v) is 17.9. The monoisotopic (exact) mass is 462 g/mol. The minimum atomic E-state index is -0.519. The Morgan fingerprint density at radius 1 is 1.00 bits per heavy atom. The molecule has 0 aliphatic carbocycles. The van der Waals surface area contributed by atoms with Crippen molar-refractivity contribution in [2.45, 2.75) is 6.92 Å². The number of nitrogens with one attached hydrogen (secondary N) is 3. The van der Waals surface area contributed by atoms with E-state index in [0.29, 0.717) is 28.8 Å². The van der Waals surface area contributed by atoms with Gasteiger partial charge in [0.2, 0.25) is 11.8 Å². The highest BCUT2D eigenvalue weighted by molar-refractivity contribution is 5.95. The first-order valence-electron chi connectivity index (χ1n) is 10.1. The molecule has 0 saturated carbocycles. The molecule has 11 nitrogen and oxygen atoms in total. The molecule has 3 heterocycles. The topological polar surface area (TPSA) is 161 Å². The first-order valence-corrected chi connectivity index (χ1v) is 10.1. The number of pyridine rings is 2. The summed E-state index contributed by atoms with van der Waals surface area (Å²) in [5.74, 6) is 4.84. The lowest BCUT2D eigenvalue weighted by molar-refractivity contribution is 0.0953. The molecular weight excluding hydrogens is 443 g/mol. The summed E-state index contributed by atoms with van der Waals surface area (Å²) < 4.78 is 19.1. The van der Waals surface area contributed by atoms with E-state index in [2.05, 4.69) is 36.2 Å². The number of hydrogen-bond acceptors (Lipinski definition) is 8. The number of nitrogen functional groups attached to an aromatic ring is 1. The van der Waals surface area contributed by atoms with E-state index in [9.17, 15) is 14.0 Å². The third-order valence-corrected chi connectivity index (χ3v) is 4.67. The fourth-order valence-electron chi connectivity index (χ4n) is 3.09. The highest BCUT2D eigenvalue weighted by atomic mass is 19.1. The number of anilines is 1. The smallest absolute Gasteiger partial charge is 0.320 e. The van der Waals surface area contributed by atoms with E-state index in [4.69, 9.17) is 10.3 Å². The third-order valence-electron chi connectivity index (χ3n) is 4.67. The number of halogens is 1. The van der Waals surface area contributed by atoms with E-state index in [1.165, 1.54) is 42.9 Å². The zero-order valence-electron chi connectivity index (χ0n) is 17.9.